The molecule has 0 aliphatic carbocycles. The van der Waals surface area contributed by atoms with Crippen LogP contribution in [-0.4, -0.2) is 23.1 Å². The van der Waals surface area contributed by atoms with E-state index in [9.17, 15) is 9.18 Å². The molecule has 0 aromatic heterocycles. The van der Waals surface area contributed by atoms with Crippen molar-refractivity contribution in [1.29, 1.82) is 0 Å². The maximum atomic E-state index is 13.4. The summed E-state index contributed by atoms with van der Waals surface area (Å²) in [6, 6.07) is 14.1. The van der Waals surface area contributed by atoms with Gasteiger partial charge in [0, 0.05) is 17.9 Å². The van der Waals surface area contributed by atoms with Gasteiger partial charge in [0.2, 0.25) is 0 Å². The largest absolute Gasteiger partial charge is 0.322 e. The fraction of sp³-hybridized carbons (Fsp3) is 0.235. The quantitative estimate of drug-likeness (QED) is 0.835. The highest BCUT2D eigenvalue weighted by molar-refractivity contribution is 7.99. The van der Waals surface area contributed by atoms with Crippen molar-refractivity contribution in [1.82, 2.24) is 4.90 Å². The number of hydrogen-bond donors (Lipinski definition) is 0. The molecule has 1 saturated heterocycles. The molecule has 1 amide bonds. The van der Waals surface area contributed by atoms with Crippen LogP contribution in [0.15, 0.2) is 48.5 Å². The van der Waals surface area contributed by atoms with Crippen molar-refractivity contribution in [2.45, 2.75) is 12.3 Å². The molecule has 108 valence electrons. The highest BCUT2D eigenvalue weighted by atomic mass is 32.2. The van der Waals surface area contributed by atoms with E-state index in [2.05, 4.69) is 0 Å². The molecule has 0 radical (unpaired) electrons. The maximum Gasteiger partial charge on any atom is 0.255 e. The lowest BCUT2D eigenvalue weighted by molar-refractivity contribution is 0.0760. The summed E-state index contributed by atoms with van der Waals surface area (Å²) in [4.78, 5) is 14.5. The summed E-state index contributed by atoms with van der Waals surface area (Å²) in [5.74, 6) is 0.621. The number of benzene rings is 2. The molecule has 0 saturated carbocycles. The second-order valence-corrected chi connectivity index (χ2v) is 6.33. The minimum atomic E-state index is -0.261. The first-order chi connectivity index (χ1) is 10.1. The van der Waals surface area contributed by atoms with Crippen LogP contribution < -0.4 is 0 Å². The fourth-order valence-electron chi connectivity index (χ4n) is 2.48. The topological polar surface area (TPSA) is 20.3 Å². The van der Waals surface area contributed by atoms with Crippen molar-refractivity contribution in [3.05, 3.63) is 71.0 Å². The molecule has 1 aliphatic rings. The van der Waals surface area contributed by atoms with Gasteiger partial charge in [-0.1, -0.05) is 29.8 Å². The van der Waals surface area contributed by atoms with E-state index < -0.39 is 0 Å². The molecule has 1 fully saturated rings. The summed E-state index contributed by atoms with van der Waals surface area (Å²) in [7, 11) is 0. The maximum absolute atomic E-state index is 13.4. The van der Waals surface area contributed by atoms with Crippen LogP contribution in [0.4, 0.5) is 4.39 Å². The van der Waals surface area contributed by atoms with E-state index in [1.165, 1.54) is 12.1 Å². The first-order valence-corrected chi connectivity index (χ1v) is 7.95. The van der Waals surface area contributed by atoms with Crippen molar-refractivity contribution < 1.29 is 9.18 Å². The number of aryl methyl sites for hydroxylation is 1. The Morgan fingerprint density at radius 3 is 2.71 bits per heavy atom. The predicted octanol–water partition coefficient (Wildman–Crippen LogP) is 4.02. The summed E-state index contributed by atoms with van der Waals surface area (Å²) in [5.41, 5.74) is 2.66. The van der Waals surface area contributed by atoms with Crippen molar-refractivity contribution in [3.8, 4) is 0 Å². The van der Waals surface area contributed by atoms with E-state index in [1.807, 2.05) is 42.2 Å². The summed E-state index contributed by atoms with van der Waals surface area (Å²) >= 11 is 1.68. The van der Waals surface area contributed by atoms with Gasteiger partial charge in [0.15, 0.2) is 0 Å². The Hall–Kier alpha value is -1.81. The number of carbonyl (C=O) groups excluding carboxylic acids is 1. The van der Waals surface area contributed by atoms with E-state index in [1.54, 1.807) is 17.8 Å². The Morgan fingerprint density at radius 2 is 2.00 bits per heavy atom. The van der Waals surface area contributed by atoms with E-state index in [-0.39, 0.29) is 17.1 Å². The van der Waals surface area contributed by atoms with Gasteiger partial charge < -0.3 is 4.90 Å². The van der Waals surface area contributed by atoms with Crippen LogP contribution in [0.5, 0.6) is 0 Å². The average Bonchev–Trinajstić information content (AvgIpc) is 2.97. The molecule has 0 spiro atoms. The van der Waals surface area contributed by atoms with Gasteiger partial charge in [0.1, 0.15) is 11.2 Å². The Bertz CT molecular complexity index is 656. The van der Waals surface area contributed by atoms with Crippen LogP contribution in [0.2, 0.25) is 0 Å². The number of thioether (sulfide) groups is 1. The van der Waals surface area contributed by atoms with Crippen LogP contribution in [0.25, 0.3) is 0 Å². The summed E-state index contributed by atoms with van der Waals surface area (Å²) in [6.45, 7) is 2.69. The minimum absolute atomic E-state index is 0.00858. The summed E-state index contributed by atoms with van der Waals surface area (Å²) < 4.78 is 13.4. The van der Waals surface area contributed by atoms with Crippen LogP contribution in [-0.2, 0) is 0 Å². The number of amides is 1. The first kappa shape index (κ1) is 14.1. The van der Waals surface area contributed by atoms with Gasteiger partial charge in [-0.3, -0.25) is 4.79 Å². The molecule has 1 heterocycles. The van der Waals surface area contributed by atoms with Gasteiger partial charge in [-0.15, -0.1) is 11.8 Å². The molecular formula is C17H16FNOS. The summed E-state index contributed by atoms with van der Waals surface area (Å²) in [5, 5.41) is -0.102. The third-order valence-electron chi connectivity index (χ3n) is 3.58. The molecule has 4 heteroatoms. The van der Waals surface area contributed by atoms with Crippen LogP contribution in [0, 0.1) is 12.7 Å². The first-order valence-electron chi connectivity index (χ1n) is 6.90. The zero-order chi connectivity index (χ0) is 14.8. The molecule has 21 heavy (non-hydrogen) atoms. The second kappa shape index (κ2) is 5.90. The number of rotatable bonds is 2. The van der Waals surface area contributed by atoms with Crippen molar-refractivity contribution in [3.63, 3.8) is 0 Å². The normalized spacial score (nSPS) is 18.0. The Labute approximate surface area is 128 Å². The Morgan fingerprint density at radius 1 is 1.24 bits per heavy atom. The average molecular weight is 301 g/mol. The van der Waals surface area contributed by atoms with E-state index in [0.29, 0.717) is 12.1 Å². The fourth-order valence-corrected chi connectivity index (χ4v) is 3.72. The van der Waals surface area contributed by atoms with Crippen molar-refractivity contribution in [2.75, 3.05) is 12.3 Å². The SMILES string of the molecule is Cc1ccc(C(=O)N2CCS[C@@H]2c2cccc(F)c2)cc1. The zero-order valence-corrected chi connectivity index (χ0v) is 12.6. The van der Waals surface area contributed by atoms with Gasteiger partial charge in [-0.2, -0.15) is 0 Å². The van der Waals surface area contributed by atoms with Gasteiger partial charge in [-0.25, -0.2) is 4.39 Å². The van der Waals surface area contributed by atoms with Gasteiger partial charge in [0.05, 0.1) is 0 Å². The third kappa shape index (κ3) is 2.95. The monoisotopic (exact) mass is 301 g/mol. The smallest absolute Gasteiger partial charge is 0.255 e. The standard InChI is InChI=1S/C17H16FNOS/c1-12-5-7-13(8-6-12)16(20)19-9-10-21-17(19)14-3-2-4-15(18)11-14/h2-8,11,17H,9-10H2,1H3/t17-/m1/s1. The van der Waals surface area contributed by atoms with E-state index in [0.717, 1.165) is 16.9 Å². The Kier molecular flexibility index (Phi) is 3.97. The lowest BCUT2D eigenvalue weighted by Gasteiger charge is -2.24. The lowest BCUT2D eigenvalue weighted by Crippen LogP contribution is -2.30. The van der Waals surface area contributed by atoms with Crippen LogP contribution in [0.1, 0.15) is 26.9 Å². The highest BCUT2D eigenvalue weighted by Crippen LogP contribution is 2.38. The third-order valence-corrected chi connectivity index (χ3v) is 4.84. The molecule has 0 bridgehead atoms. The molecule has 1 aliphatic heterocycles. The summed E-state index contributed by atoms with van der Waals surface area (Å²) in [6.07, 6.45) is 0. The van der Waals surface area contributed by atoms with Gasteiger partial charge >= 0.3 is 0 Å². The molecule has 2 aromatic carbocycles. The van der Waals surface area contributed by atoms with Crippen molar-refractivity contribution in [2.24, 2.45) is 0 Å². The molecule has 0 unspecified atom stereocenters. The zero-order valence-electron chi connectivity index (χ0n) is 11.8. The van der Waals surface area contributed by atoms with Gasteiger partial charge in [0.25, 0.3) is 5.91 Å². The molecule has 2 nitrogen and oxygen atoms in total. The minimum Gasteiger partial charge on any atom is -0.322 e. The second-order valence-electron chi connectivity index (χ2n) is 5.14. The number of carbonyl (C=O) groups is 1. The molecule has 1 atom stereocenters. The molecular weight excluding hydrogens is 285 g/mol. The predicted molar refractivity (Wildman–Crippen MR) is 83.8 cm³/mol. The van der Waals surface area contributed by atoms with E-state index in [4.69, 9.17) is 0 Å². The number of nitrogens with zero attached hydrogens (tertiary/aromatic N) is 1. The number of hydrogen-bond acceptors (Lipinski definition) is 2. The van der Waals surface area contributed by atoms with Crippen LogP contribution >= 0.6 is 11.8 Å². The number of halogens is 1. The molecule has 3 rings (SSSR count). The molecule has 0 N–H and O–H groups in total. The lowest BCUT2D eigenvalue weighted by atomic mass is 10.1. The van der Waals surface area contributed by atoms with Gasteiger partial charge in [-0.05, 0) is 36.8 Å². The molecule has 2 aromatic rings. The van der Waals surface area contributed by atoms with Crippen molar-refractivity contribution >= 4 is 17.7 Å². The van der Waals surface area contributed by atoms with Crippen LogP contribution in [0.3, 0.4) is 0 Å². The van der Waals surface area contributed by atoms with E-state index >= 15 is 0 Å². The Balaban J connectivity index is 1.87. The highest BCUT2D eigenvalue weighted by Gasteiger charge is 2.31.